The van der Waals surface area contributed by atoms with Gasteiger partial charge in [0.25, 0.3) is 0 Å². The van der Waals surface area contributed by atoms with Crippen LogP contribution >= 0.6 is 0 Å². The topological polar surface area (TPSA) is 94.4 Å². The van der Waals surface area contributed by atoms with Crippen LogP contribution in [-0.4, -0.2) is 17.3 Å². The van der Waals surface area contributed by atoms with Gasteiger partial charge in [-0.3, -0.25) is 0 Å². The van der Waals surface area contributed by atoms with Gasteiger partial charge < -0.3 is 16.2 Å². The van der Waals surface area contributed by atoms with E-state index in [0.717, 1.165) is 5.56 Å². The highest BCUT2D eigenvalue weighted by Gasteiger charge is 2.21. The van der Waals surface area contributed by atoms with Gasteiger partial charge in [0, 0.05) is 0 Å². The van der Waals surface area contributed by atoms with E-state index in [2.05, 4.69) is 10.3 Å². The van der Waals surface area contributed by atoms with Gasteiger partial charge in [0.1, 0.15) is 11.6 Å². The molecule has 0 aliphatic carbocycles. The highest BCUT2D eigenvalue weighted by molar-refractivity contribution is 5.92. The third-order valence-corrected chi connectivity index (χ3v) is 2.22. The summed E-state index contributed by atoms with van der Waals surface area (Å²) in [6.07, 6.45) is -1.19. The van der Waals surface area contributed by atoms with Gasteiger partial charge in [-0.2, -0.15) is 5.26 Å². The van der Waals surface area contributed by atoms with E-state index in [1.165, 1.54) is 0 Å². The number of rotatable bonds is 1. The lowest BCUT2D eigenvalue weighted by atomic mass is 10.1. The van der Waals surface area contributed by atoms with Crippen LogP contribution in [0.25, 0.3) is 5.70 Å². The number of nitrogens with two attached hydrogens (primary N) is 1. The van der Waals surface area contributed by atoms with Gasteiger partial charge in [-0.05, 0) is 5.56 Å². The summed E-state index contributed by atoms with van der Waals surface area (Å²) in [5, 5.41) is 21.3. The fraction of sp³-hybridized carbons (Fsp3) is 0.0909. The average molecular weight is 214 g/mol. The molecule has 16 heavy (non-hydrogen) atoms. The first-order valence-corrected chi connectivity index (χ1v) is 4.70. The maximum Gasteiger partial charge on any atom is 0.196 e. The van der Waals surface area contributed by atoms with Crippen molar-refractivity contribution < 1.29 is 5.11 Å². The molecule has 1 unspecified atom stereocenters. The van der Waals surface area contributed by atoms with Crippen LogP contribution < -0.4 is 11.1 Å². The number of aliphatic hydroxyl groups excluding tert-OH is 1. The smallest absolute Gasteiger partial charge is 0.196 e. The zero-order valence-corrected chi connectivity index (χ0v) is 8.38. The molecule has 1 aliphatic heterocycles. The Hall–Kier alpha value is -2.32. The quantitative estimate of drug-likeness (QED) is 0.620. The van der Waals surface area contributed by atoms with E-state index < -0.39 is 6.23 Å². The van der Waals surface area contributed by atoms with Crippen molar-refractivity contribution in [3.63, 3.8) is 0 Å². The SMILES string of the molecule is N#CC1=C(c2ccccc2)NC(N)=NC1O. The molecule has 0 spiro atoms. The molecule has 80 valence electrons. The van der Waals surface area contributed by atoms with E-state index in [-0.39, 0.29) is 11.5 Å². The van der Waals surface area contributed by atoms with Crippen LogP contribution in [0.15, 0.2) is 40.9 Å². The average Bonchev–Trinajstić information content (AvgIpc) is 2.29. The second-order valence-corrected chi connectivity index (χ2v) is 3.28. The summed E-state index contributed by atoms with van der Waals surface area (Å²) in [4.78, 5) is 3.67. The van der Waals surface area contributed by atoms with Crippen LogP contribution in [0.4, 0.5) is 0 Å². The number of aliphatic imine (C=N–C) groups is 1. The minimum absolute atomic E-state index is 0.102. The number of benzene rings is 1. The van der Waals surface area contributed by atoms with Crippen molar-refractivity contribution in [1.82, 2.24) is 5.32 Å². The van der Waals surface area contributed by atoms with Gasteiger partial charge >= 0.3 is 0 Å². The highest BCUT2D eigenvalue weighted by atomic mass is 16.3. The van der Waals surface area contributed by atoms with Gasteiger partial charge in [0.2, 0.25) is 0 Å². The molecule has 5 nitrogen and oxygen atoms in total. The first-order valence-electron chi connectivity index (χ1n) is 4.70. The molecule has 0 radical (unpaired) electrons. The Balaban J connectivity index is 2.50. The molecule has 0 bridgehead atoms. The summed E-state index contributed by atoms with van der Waals surface area (Å²) in [5.74, 6) is 0.102. The van der Waals surface area contributed by atoms with Gasteiger partial charge in [-0.15, -0.1) is 0 Å². The van der Waals surface area contributed by atoms with Crippen LogP contribution in [0.1, 0.15) is 5.56 Å². The Labute approximate surface area is 92.5 Å². The first kappa shape index (κ1) is 10.2. The lowest BCUT2D eigenvalue weighted by Gasteiger charge is -2.20. The van der Waals surface area contributed by atoms with Crippen LogP contribution in [0.5, 0.6) is 0 Å². The molecule has 0 fully saturated rings. The molecule has 1 heterocycles. The van der Waals surface area contributed by atoms with Crippen molar-refractivity contribution in [3.8, 4) is 6.07 Å². The largest absolute Gasteiger partial charge is 0.370 e. The third-order valence-electron chi connectivity index (χ3n) is 2.22. The summed E-state index contributed by atoms with van der Waals surface area (Å²) >= 11 is 0. The van der Waals surface area contributed by atoms with Crippen molar-refractivity contribution in [2.45, 2.75) is 6.23 Å². The molecular weight excluding hydrogens is 204 g/mol. The molecule has 1 aromatic carbocycles. The molecular formula is C11H10N4O. The second-order valence-electron chi connectivity index (χ2n) is 3.28. The molecule has 5 heteroatoms. The predicted octanol–water partition coefficient (Wildman–Crippen LogP) is 0.158. The normalized spacial score (nSPS) is 19.8. The minimum atomic E-state index is -1.19. The van der Waals surface area contributed by atoms with Crippen LogP contribution in [0.3, 0.4) is 0 Å². The van der Waals surface area contributed by atoms with E-state index in [1.54, 1.807) is 0 Å². The van der Waals surface area contributed by atoms with Crippen molar-refractivity contribution in [2.75, 3.05) is 0 Å². The minimum Gasteiger partial charge on any atom is -0.370 e. The predicted molar refractivity (Wildman–Crippen MR) is 59.7 cm³/mol. The van der Waals surface area contributed by atoms with Crippen LogP contribution in [0, 0.1) is 11.3 Å². The number of guanidine groups is 1. The Bertz CT molecular complexity index is 498. The van der Waals surface area contributed by atoms with E-state index in [0.29, 0.717) is 5.70 Å². The standard InChI is InChI=1S/C11H10N4O/c12-6-8-9(7-4-2-1-3-5-7)14-11(13)15-10(8)16/h1-5,10,16H,(H3,13,14,15). The van der Waals surface area contributed by atoms with E-state index in [1.807, 2.05) is 36.4 Å². The number of hydrogen-bond donors (Lipinski definition) is 3. The second kappa shape index (κ2) is 4.04. The van der Waals surface area contributed by atoms with Gasteiger partial charge in [-0.25, -0.2) is 4.99 Å². The number of hydrogen-bond acceptors (Lipinski definition) is 5. The summed E-state index contributed by atoms with van der Waals surface area (Å²) < 4.78 is 0. The highest BCUT2D eigenvalue weighted by Crippen LogP contribution is 2.21. The number of nitrogens with one attached hydrogen (secondary N) is 1. The van der Waals surface area contributed by atoms with Gasteiger partial charge in [-0.1, -0.05) is 30.3 Å². The molecule has 1 aliphatic rings. The number of nitriles is 1. The van der Waals surface area contributed by atoms with Crippen LogP contribution in [0.2, 0.25) is 0 Å². The van der Waals surface area contributed by atoms with E-state index in [4.69, 9.17) is 11.0 Å². The maximum atomic E-state index is 9.58. The zero-order valence-electron chi connectivity index (χ0n) is 8.38. The molecule has 4 N–H and O–H groups in total. The lowest BCUT2D eigenvalue weighted by molar-refractivity contribution is 0.224. The van der Waals surface area contributed by atoms with Gasteiger partial charge in [0.05, 0.1) is 5.70 Å². The van der Waals surface area contributed by atoms with Crippen LogP contribution in [-0.2, 0) is 0 Å². The summed E-state index contributed by atoms with van der Waals surface area (Å²) in [6, 6.07) is 11.1. The molecule has 1 aromatic rings. The van der Waals surface area contributed by atoms with E-state index in [9.17, 15) is 5.11 Å². The monoisotopic (exact) mass is 214 g/mol. The van der Waals surface area contributed by atoms with Crippen molar-refractivity contribution >= 4 is 11.7 Å². The summed E-state index contributed by atoms with van der Waals surface area (Å²) in [6.45, 7) is 0. The fourth-order valence-electron chi connectivity index (χ4n) is 1.50. The molecule has 2 rings (SSSR count). The van der Waals surface area contributed by atoms with Crippen molar-refractivity contribution in [3.05, 3.63) is 41.5 Å². The number of nitrogens with zero attached hydrogens (tertiary/aromatic N) is 2. The lowest BCUT2D eigenvalue weighted by Crippen LogP contribution is -2.37. The molecule has 1 atom stereocenters. The Morgan fingerprint density at radius 1 is 1.38 bits per heavy atom. The molecule has 0 aromatic heterocycles. The third kappa shape index (κ3) is 1.74. The molecule has 0 amide bonds. The Morgan fingerprint density at radius 2 is 2.06 bits per heavy atom. The summed E-state index contributed by atoms with van der Waals surface area (Å²) in [7, 11) is 0. The number of aliphatic hydroxyl groups is 1. The Kier molecular flexibility index (Phi) is 2.58. The Morgan fingerprint density at radius 3 is 2.69 bits per heavy atom. The van der Waals surface area contributed by atoms with Gasteiger partial charge in [0.15, 0.2) is 12.2 Å². The molecule has 0 saturated heterocycles. The van der Waals surface area contributed by atoms with E-state index >= 15 is 0 Å². The molecule has 0 saturated carbocycles. The van der Waals surface area contributed by atoms with Crippen molar-refractivity contribution in [2.24, 2.45) is 10.7 Å². The zero-order chi connectivity index (χ0) is 11.5. The first-order chi connectivity index (χ1) is 7.72. The maximum absolute atomic E-state index is 9.58. The van der Waals surface area contributed by atoms with Crippen molar-refractivity contribution in [1.29, 1.82) is 5.26 Å². The summed E-state index contributed by atoms with van der Waals surface area (Å²) in [5.41, 5.74) is 6.96. The fourth-order valence-corrected chi connectivity index (χ4v) is 1.50.